The van der Waals surface area contributed by atoms with Crippen LogP contribution in [0, 0.1) is 11.3 Å². The molecule has 1 fully saturated rings. The summed E-state index contributed by atoms with van der Waals surface area (Å²) >= 11 is 0. The Labute approximate surface area is 220 Å². The molecule has 4 N–H and O–H groups in total. The van der Waals surface area contributed by atoms with Crippen LogP contribution in [-0.4, -0.2) is 56.6 Å². The summed E-state index contributed by atoms with van der Waals surface area (Å²) in [6, 6.07) is 16.1. The summed E-state index contributed by atoms with van der Waals surface area (Å²) in [4.78, 5) is 31.6. The number of nitriles is 1. The van der Waals surface area contributed by atoms with Crippen LogP contribution in [0.15, 0.2) is 58.6 Å². The maximum Gasteiger partial charge on any atom is 0.326 e. The molecule has 38 heavy (non-hydrogen) atoms. The molecule has 0 aliphatic carbocycles. The van der Waals surface area contributed by atoms with E-state index in [2.05, 4.69) is 36.4 Å². The van der Waals surface area contributed by atoms with E-state index in [4.69, 9.17) is 5.84 Å². The Kier molecular flexibility index (Phi) is 8.23. The first-order valence-electron chi connectivity index (χ1n) is 12.3. The summed E-state index contributed by atoms with van der Waals surface area (Å²) in [7, 11) is 0. The van der Waals surface area contributed by atoms with Crippen LogP contribution in [0.5, 0.6) is 0 Å². The molecule has 1 aromatic carbocycles. The number of carboxylic acids is 1. The zero-order valence-electron chi connectivity index (χ0n) is 21.2. The number of pyridine rings is 1. The molecule has 0 amide bonds. The lowest BCUT2D eigenvalue weighted by Gasteiger charge is -2.22. The van der Waals surface area contributed by atoms with E-state index >= 15 is 0 Å². The Hall–Kier alpha value is -4.85. The van der Waals surface area contributed by atoms with Crippen LogP contribution < -0.4 is 16.1 Å². The van der Waals surface area contributed by atoms with Crippen LogP contribution in [-0.2, 0) is 11.3 Å². The van der Waals surface area contributed by atoms with Crippen molar-refractivity contribution in [3.63, 3.8) is 0 Å². The van der Waals surface area contributed by atoms with Gasteiger partial charge in [0.05, 0.1) is 41.5 Å². The summed E-state index contributed by atoms with van der Waals surface area (Å²) in [6.07, 6.45) is 2.94. The number of carbonyl (C=O) groups is 1. The smallest absolute Gasteiger partial charge is 0.326 e. The molecule has 11 nitrogen and oxygen atoms in total. The van der Waals surface area contributed by atoms with Crippen molar-refractivity contribution in [1.82, 2.24) is 15.0 Å². The van der Waals surface area contributed by atoms with Gasteiger partial charge in [-0.05, 0) is 57.0 Å². The number of nitrogens with one attached hydrogen (secondary N) is 1. The Morgan fingerprint density at radius 2 is 2.08 bits per heavy atom. The zero-order valence-corrected chi connectivity index (χ0v) is 21.2. The van der Waals surface area contributed by atoms with Gasteiger partial charge in [-0.15, -0.1) is 0 Å². The molecule has 0 radical (unpaired) electrons. The quantitative estimate of drug-likeness (QED) is 0.222. The second-order valence-corrected chi connectivity index (χ2v) is 9.11. The largest absolute Gasteiger partial charge is 0.480 e. The number of benzene rings is 1. The standard InChI is InChI=1S/C27H29N9O2/c1-17(2)31-27-33-21(19-7-3-6-18(12-19)14-28)13-22(34-27)23(35-29)16-30-15-20-8-4-10-25(32-20)36-11-5-9-24(36)26(37)38/h3-4,6-8,10,12-13,16-17,24H,5,9,11,15,29H2,1-2H3,(H,37,38)(H,31,33,34)/t24-/m0/s1. The first kappa shape index (κ1) is 26.2. The number of nitrogens with two attached hydrogens (primary N) is 1. The number of hydrogen-bond donors (Lipinski definition) is 3. The van der Waals surface area contributed by atoms with Gasteiger partial charge in [0.15, 0.2) is 0 Å². The van der Waals surface area contributed by atoms with Crippen molar-refractivity contribution in [3.05, 3.63) is 65.5 Å². The lowest BCUT2D eigenvalue weighted by atomic mass is 10.1. The molecule has 194 valence electrons. The third-order valence-corrected chi connectivity index (χ3v) is 5.92. The van der Waals surface area contributed by atoms with Crippen molar-refractivity contribution in [2.75, 3.05) is 16.8 Å². The Morgan fingerprint density at radius 3 is 2.82 bits per heavy atom. The van der Waals surface area contributed by atoms with Gasteiger partial charge in [-0.3, -0.25) is 4.99 Å². The molecule has 1 aliphatic rings. The highest BCUT2D eigenvalue weighted by molar-refractivity contribution is 6.37. The van der Waals surface area contributed by atoms with Crippen molar-refractivity contribution >= 4 is 29.7 Å². The molecule has 3 aromatic rings. The number of rotatable bonds is 9. The molecule has 1 saturated heterocycles. The number of nitrogens with zero attached hydrogens (tertiary/aromatic N) is 7. The molecule has 0 bridgehead atoms. The van der Waals surface area contributed by atoms with E-state index in [0.717, 1.165) is 12.0 Å². The SMILES string of the molecule is CC(C)Nc1nc(C(C=NCc2cccc(N3CCC[C@H]3C(=O)O)n2)=NN)cc(-c2cccc(C#N)c2)n1. The van der Waals surface area contributed by atoms with E-state index in [9.17, 15) is 15.2 Å². The molecule has 2 aromatic heterocycles. The summed E-state index contributed by atoms with van der Waals surface area (Å²) < 4.78 is 0. The average Bonchev–Trinajstić information content (AvgIpc) is 3.41. The van der Waals surface area contributed by atoms with Gasteiger partial charge in [-0.2, -0.15) is 10.4 Å². The van der Waals surface area contributed by atoms with Gasteiger partial charge in [-0.25, -0.2) is 19.7 Å². The molecule has 0 saturated carbocycles. The van der Waals surface area contributed by atoms with Crippen LogP contribution in [0.25, 0.3) is 11.3 Å². The van der Waals surface area contributed by atoms with E-state index in [-0.39, 0.29) is 12.6 Å². The summed E-state index contributed by atoms with van der Waals surface area (Å²) in [5, 5.41) is 25.9. The molecule has 4 rings (SSSR count). The Bertz CT molecular complexity index is 1410. The van der Waals surface area contributed by atoms with Crippen molar-refractivity contribution in [2.45, 2.75) is 45.3 Å². The van der Waals surface area contributed by atoms with Crippen LogP contribution >= 0.6 is 0 Å². The third-order valence-electron chi connectivity index (χ3n) is 5.92. The van der Waals surface area contributed by atoms with Crippen molar-refractivity contribution < 1.29 is 9.90 Å². The van der Waals surface area contributed by atoms with Crippen molar-refractivity contribution in [3.8, 4) is 17.3 Å². The van der Waals surface area contributed by atoms with Gasteiger partial charge in [0.25, 0.3) is 0 Å². The van der Waals surface area contributed by atoms with E-state index in [1.165, 1.54) is 6.21 Å². The Morgan fingerprint density at radius 1 is 1.26 bits per heavy atom. The van der Waals surface area contributed by atoms with Crippen molar-refractivity contribution in [1.29, 1.82) is 5.26 Å². The second kappa shape index (κ2) is 11.9. The fourth-order valence-corrected chi connectivity index (χ4v) is 4.20. The lowest BCUT2D eigenvalue weighted by molar-refractivity contribution is -0.138. The first-order valence-corrected chi connectivity index (χ1v) is 12.3. The molecule has 1 aliphatic heterocycles. The minimum absolute atomic E-state index is 0.0881. The molecule has 11 heteroatoms. The predicted octanol–water partition coefficient (Wildman–Crippen LogP) is 3.22. The number of aromatic nitrogens is 3. The van der Waals surface area contributed by atoms with Gasteiger partial charge < -0.3 is 21.2 Å². The van der Waals surface area contributed by atoms with E-state index in [1.807, 2.05) is 43.0 Å². The topological polar surface area (TPSA) is 166 Å². The minimum atomic E-state index is -0.841. The summed E-state index contributed by atoms with van der Waals surface area (Å²) in [5.41, 5.74) is 3.39. The van der Waals surface area contributed by atoms with Gasteiger partial charge >= 0.3 is 5.97 Å². The molecule has 0 spiro atoms. The number of hydrogen-bond acceptors (Lipinski definition) is 10. The fourth-order valence-electron chi connectivity index (χ4n) is 4.20. The highest BCUT2D eigenvalue weighted by atomic mass is 16.4. The second-order valence-electron chi connectivity index (χ2n) is 9.11. The highest BCUT2D eigenvalue weighted by Crippen LogP contribution is 2.24. The maximum absolute atomic E-state index is 11.6. The molecule has 0 unspecified atom stereocenters. The minimum Gasteiger partial charge on any atom is -0.480 e. The maximum atomic E-state index is 11.6. The fraction of sp³-hybridized carbons (Fsp3) is 0.296. The summed E-state index contributed by atoms with van der Waals surface area (Å²) in [5.74, 6) is 5.90. The third kappa shape index (κ3) is 6.28. The molecular weight excluding hydrogens is 482 g/mol. The summed E-state index contributed by atoms with van der Waals surface area (Å²) in [6.45, 7) is 4.86. The highest BCUT2D eigenvalue weighted by Gasteiger charge is 2.31. The van der Waals surface area contributed by atoms with E-state index < -0.39 is 12.0 Å². The van der Waals surface area contributed by atoms with Crippen LogP contribution in [0.2, 0.25) is 0 Å². The van der Waals surface area contributed by atoms with Crippen LogP contribution in [0.1, 0.15) is 43.6 Å². The number of carboxylic acid groups (broad SMARTS) is 1. The number of hydrazone groups is 1. The molecule has 1 atom stereocenters. The zero-order chi connectivity index (χ0) is 27.1. The predicted molar refractivity (Wildman–Crippen MR) is 146 cm³/mol. The first-order chi connectivity index (χ1) is 18.4. The number of anilines is 2. The normalized spacial score (nSPS) is 15.7. The van der Waals surface area contributed by atoms with E-state index in [1.54, 1.807) is 24.3 Å². The number of aliphatic imine (C=N–C) groups is 1. The average molecular weight is 512 g/mol. The van der Waals surface area contributed by atoms with Gasteiger partial charge in [0.1, 0.15) is 17.6 Å². The van der Waals surface area contributed by atoms with Crippen molar-refractivity contribution in [2.24, 2.45) is 15.9 Å². The Balaban J connectivity index is 1.57. The lowest BCUT2D eigenvalue weighted by Crippen LogP contribution is -2.36. The van der Waals surface area contributed by atoms with E-state index in [0.29, 0.717) is 53.1 Å². The van der Waals surface area contributed by atoms with Crippen LogP contribution in [0.4, 0.5) is 11.8 Å². The van der Waals surface area contributed by atoms with Gasteiger partial charge in [-0.1, -0.05) is 18.2 Å². The van der Waals surface area contributed by atoms with Gasteiger partial charge in [0, 0.05) is 18.2 Å². The monoisotopic (exact) mass is 511 g/mol. The molecular formula is C27H29N9O2. The van der Waals surface area contributed by atoms with Gasteiger partial charge in [0.2, 0.25) is 5.95 Å². The van der Waals surface area contributed by atoms with Crippen LogP contribution in [0.3, 0.4) is 0 Å². The molecule has 3 heterocycles. The number of aliphatic carboxylic acids is 1.